The molecule has 0 aromatic heterocycles. The van der Waals surface area contributed by atoms with Crippen LogP contribution in [0.5, 0.6) is 5.75 Å². The third kappa shape index (κ3) is 3.70. The van der Waals surface area contributed by atoms with Gasteiger partial charge in [-0.1, -0.05) is 24.2 Å². The van der Waals surface area contributed by atoms with Crippen LogP contribution < -0.4 is 4.74 Å². The van der Waals surface area contributed by atoms with E-state index in [9.17, 15) is 0 Å². The maximum atomic E-state index is 9.03. The van der Waals surface area contributed by atoms with E-state index in [-0.39, 0.29) is 0 Å². The quantitative estimate of drug-likeness (QED) is 0.487. The predicted molar refractivity (Wildman–Crippen MR) is 76.2 cm³/mol. The van der Waals surface area contributed by atoms with Crippen LogP contribution in [0.3, 0.4) is 0 Å². The molecule has 1 aromatic carbocycles. The SMILES string of the molecule is CC/C(=N/O)c1ccccc1OCCN1CCCC1. The molecule has 1 saturated heterocycles. The normalized spacial score (nSPS) is 16.8. The van der Waals surface area contributed by atoms with Gasteiger partial charge in [0.15, 0.2) is 0 Å². The number of rotatable bonds is 6. The minimum atomic E-state index is 0.664. The number of ether oxygens (including phenoxy) is 1. The van der Waals surface area contributed by atoms with Crippen molar-refractivity contribution in [2.24, 2.45) is 5.16 Å². The minimum absolute atomic E-state index is 0.664. The zero-order valence-corrected chi connectivity index (χ0v) is 11.5. The first-order chi connectivity index (χ1) is 9.35. The first-order valence-electron chi connectivity index (χ1n) is 7.00. The van der Waals surface area contributed by atoms with E-state index in [0.29, 0.717) is 18.7 Å². The third-order valence-electron chi connectivity index (χ3n) is 3.52. The zero-order valence-electron chi connectivity index (χ0n) is 11.5. The summed E-state index contributed by atoms with van der Waals surface area (Å²) in [4.78, 5) is 2.42. The van der Waals surface area contributed by atoms with Crippen molar-refractivity contribution in [2.75, 3.05) is 26.2 Å². The van der Waals surface area contributed by atoms with Gasteiger partial charge in [0.2, 0.25) is 0 Å². The van der Waals surface area contributed by atoms with Gasteiger partial charge in [0, 0.05) is 12.1 Å². The van der Waals surface area contributed by atoms with Crippen molar-refractivity contribution in [3.05, 3.63) is 29.8 Å². The van der Waals surface area contributed by atoms with Gasteiger partial charge in [-0.2, -0.15) is 0 Å². The average molecular weight is 262 g/mol. The predicted octanol–water partition coefficient (Wildman–Crippen LogP) is 2.75. The molecule has 1 N–H and O–H groups in total. The molecule has 0 unspecified atom stereocenters. The van der Waals surface area contributed by atoms with Crippen LogP contribution in [0, 0.1) is 0 Å². The highest BCUT2D eigenvalue weighted by Gasteiger charge is 2.12. The molecule has 4 heteroatoms. The number of oxime groups is 1. The van der Waals surface area contributed by atoms with E-state index in [4.69, 9.17) is 9.94 Å². The van der Waals surface area contributed by atoms with Gasteiger partial charge in [0.1, 0.15) is 12.4 Å². The van der Waals surface area contributed by atoms with Crippen LogP contribution in [0.25, 0.3) is 0 Å². The first kappa shape index (κ1) is 13.9. The highest BCUT2D eigenvalue weighted by atomic mass is 16.5. The van der Waals surface area contributed by atoms with E-state index in [1.54, 1.807) is 0 Å². The van der Waals surface area contributed by atoms with E-state index in [1.807, 2.05) is 31.2 Å². The van der Waals surface area contributed by atoms with E-state index in [0.717, 1.165) is 17.9 Å². The Labute approximate surface area is 114 Å². The Morgan fingerprint density at radius 3 is 2.74 bits per heavy atom. The van der Waals surface area contributed by atoms with Crippen LogP contribution in [0.15, 0.2) is 29.4 Å². The molecule has 1 aliphatic heterocycles. The summed E-state index contributed by atoms with van der Waals surface area (Å²) in [5.41, 5.74) is 1.55. The fourth-order valence-electron chi connectivity index (χ4n) is 2.44. The molecule has 0 saturated carbocycles. The summed E-state index contributed by atoms with van der Waals surface area (Å²) in [7, 11) is 0. The molecule has 0 aliphatic carbocycles. The summed E-state index contributed by atoms with van der Waals surface area (Å²) in [5, 5.41) is 12.4. The first-order valence-corrected chi connectivity index (χ1v) is 7.00. The Bertz CT molecular complexity index is 426. The number of para-hydroxylation sites is 1. The maximum Gasteiger partial charge on any atom is 0.128 e. The molecule has 2 rings (SSSR count). The van der Waals surface area contributed by atoms with Crippen LogP contribution in [-0.4, -0.2) is 42.1 Å². The lowest BCUT2D eigenvalue weighted by atomic mass is 10.1. The number of hydrogen-bond donors (Lipinski definition) is 1. The molecule has 1 fully saturated rings. The Kier molecular flexibility index (Phi) is 5.21. The molecule has 1 aliphatic rings. The Hall–Kier alpha value is -1.55. The summed E-state index contributed by atoms with van der Waals surface area (Å²) < 4.78 is 5.85. The lowest BCUT2D eigenvalue weighted by Crippen LogP contribution is -2.25. The Morgan fingerprint density at radius 1 is 1.32 bits per heavy atom. The summed E-state index contributed by atoms with van der Waals surface area (Å²) in [6.07, 6.45) is 3.28. The summed E-state index contributed by atoms with van der Waals surface area (Å²) in [6.45, 7) is 5.98. The fraction of sp³-hybridized carbons (Fsp3) is 0.533. The Morgan fingerprint density at radius 2 is 2.05 bits per heavy atom. The second kappa shape index (κ2) is 7.14. The van der Waals surface area contributed by atoms with E-state index in [1.165, 1.54) is 25.9 Å². The molecule has 0 bridgehead atoms. The van der Waals surface area contributed by atoms with Gasteiger partial charge >= 0.3 is 0 Å². The molecule has 4 nitrogen and oxygen atoms in total. The molecule has 104 valence electrons. The van der Waals surface area contributed by atoms with Gasteiger partial charge in [-0.15, -0.1) is 0 Å². The highest BCUT2D eigenvalue weighted by Crippen LogP contribution is 2.20. The van der Waals surface area contributed by atoms with Crippen molar-refractivity contribution in [2.45, 2.75) is 26.2 Å². The van der Waals surface area contributed by atoms with Crippen LogP contribution in [0.1, 0.15) is 31.7 Å². The monoisotopic (exact) mass is 262 g/mol. The smallest absolute Gasteiger partial charge is 0.128 e. The summed E-state index contributed by atoms with van der Waals surface area (Å²) >= 11 is 0. The van der Waals surface area contributed by atoms with Gasteiger partial charge in [0.25, 0.3) is 0 Å². The summed E-state index contributed by atoms with van der Waals surface area (Å²) in [5.74, 6) is 0.802. The molecule has 0 atom stereocenters. The number of benzene rings is 1. The fourth-order valence-corrected chi connectivity index (χ4v) is 2.44. The maximum absolute atomic E-state index is 9.03. The van der Waals surface area contributed by atoms with Crippen molar-refractivity contribution in [1.29, 1.82) is 0 Å². The third-order valence-corrected chi connectivity index (χ3v) is 3.52. The van der Waals surface area contributed by atoms with Crippen molar-refractivity contribution >= 4 is 5.71 Å². The second-order valence-corrected chi connectivity index (χ2v) is 4.79. The van der Waals surface area contributed by atoms with Crippen LogP contribution >= 0.6 is 0 Å². The van der Waals surface area contributed by atoms with Crippen molar-refractivity contribution < 1.29 is 9.94 Å². The summed E-state index contributed by atoms with van der Waals surface area (Å²) in [6, 6.07) is 7.74. The van der Waals surface area contributed by atoms with Gasteiger partial charge in [-0.05, 0) is 44.5 Å². The van der Waals surface area contributed by atoms with Crippen molar-refractivity contribution in [3.8, 4) is 5.75 Å². The number of likely N-dealkylation sites (tertiary alicyclic amines) is 1. The van der Waals surface area contributed by atoms with Gasteiger partial charge in [-0.3, -0.25) is 4.90 Å². The van der Waals surface area contributed by atoms with Crippen LogP contribution in [-0.2, 0) is 0 Å². The zero-order chi connectivity index (χ0) is 13.5. The van der Waals surface area contributed by atoms with Gasteiger partial charge < -0.3 is 9.94 Å². The number of nitrogens with zero attached hydrogens (tertiary/aromatic N) is 2. The topological polar surface area (TPSA) is 45.1 Å². The molecule has 1 heterocycles. The van der Waals surface area contributed by atoms with Crippen molar-refractivity contribution in [1.82, 2.24) is 4.90 Å². The second-order valence-electron chi connectivity index (χ2n) is 4.79. The lowest BCUT2D eigenvalue weighted by Gasteiger charge is -2.16. The molecule has 0 radical (unpaired) electrons. The minimum Gasteiger partial charge on any atom is -0.492 e. The molecule has 0 spiro atoms. The van der Waals surface area contributed by atoms with E-state index >= 15 is 0 Å². The van der Waals surface area contributed by atoms with Crippen molar-refractivity contribution in [3.63, 3.8) is 0 Å². The average Bonchev–Trinajstić information content (AvgIpc) is 2.95. The van der Waals surface area contributed by atoms with Crippen LogP contribution in [0.2, 0.25) is 0 Å². The highest BCUT2D eigenvalue weighted by molar-refractivity contribution is 6.02. The van der Waals surface area contributed by atoms with Gasteiger partial charge in [0.05, 0.1) is 5.71 Å². The molecule has 1 aromatic rings. The molecular weight excluding hydrogens is 240 g/mol. The lowest BCUT2D eigenvalue weighted by molar-refractivity contribution is 0.237. The molecule has 19 heavy (non-hydrogen) atoms. The van der Waals surface area contributed by atoms with E-state index < -0.39 is 0 Å². The molecular formula is C15H22N2O2. The van der Waals surface area contributed by atoms with E-state index in [2.05, 4.69) is 10.1 Å². The molecule has 0 amide bonds. The number of hydrogen-bond acceptors (Lipinski definition) is 4. The van der Waals surface area contributed by atoms with Gasteiger partial charge in [-0.25, -0.2) is 0 Å². The standard InChI is InChI=1S/C15H22N2O2/c1-2-14(16-18)13-7-3-4-8-15(13)19-12-11-17-9-5-6-10-17/h3-4,7-8,18H,2,5-6,9-12H2,1H3/b16-14-. The Balaban J connectivity index is 1.95. The largest absolute Gasteiger partial charge is 0.492 e. The van der Waals surface area contributed by atoms with Crippen LogP contribution in [0.4, 0.5) is 0 Å².